The highest BCUT2D eigenvalue weighted by Crippen LogP contribution is 2.43. The Morgan fingerprint density at radius 2 is 1.20 bits per heavy atom. The number of phosphoric ester groups is 1. The summed E-state index contributed by atoms with van der Waals surface area (Å²) in [6, 6.07) is -0.870. The van der Waals surface area contributed by atoms with Gasteiger partial charge < -0.3 is 21.1 Å². The number of aliphatic hydroxyl groups excluding tert-OH is 1. The van der Waals surface area contributed by atoms with Gasteiger partial charge in [0.15, 0.2) is 0 Å². The van der Waals surface area contributed by atoms with Gasteiger partial charge in [0.1, 0.15) is 0 Å². The van der Waals surface area contributed by atoms with Crippen LogP contribution in [-0.4, -0.2) is 47.8 Å². The van der Waals surface area contributed by atoms with E-state index < -0.39 is 20.0 Å². The zero-order valence-corrected chi connectivity index (χ0v) is 29.3. The molecule has 0 aliphatic rings. The van der Waals surface area contributed by atoms with Crippen LogP contribution in [0.1, 0.15) is 162 Å². The maximum absolute atomic E-state index is 12.6. The highest BCUT2D eigenvalue weighted by Gasteiger charge is 2.26. The number of phosphoric acid groups is 1. The molecule has 0 rings (SSSR count). The van der Waals surface area contributed by atoms with Crippen LogP contribution in [0.3, 0.4) is 0 Å². The summed E-state index contributed by atoms with van der Waals surface area (Å²) in [5.41, 5.74) is 5.34. The molecule has 1 amide bonds. The Bertz CT molecular complexity index is 749. The van der Waals surface area contributed by atoms with Crippen molar-refractivity contribution in [2.75, 3.05) is 19.8 Å². The lowest BCUT2D eigenvalue weighted by Crippen LogP contribution is -2.45. The van der Waals surface area contributed by atoms with Crippen LogP contribution >= 0.6 is 7.82 Å². The lowest BCUT2D eigenvalue weighted by molar-refractivity contribution is -0.123. The number of carbonyl (C=O) groups is 1. The third-order valence-electron chi connectivity index (χ3n) is 7.78. The molecule has 0 aromatic carbocycles. The number of amides is 1. The smallest absolute Gasteiger partial charge is 0.387 e. The molecular formula is C35H69N2O6P. The number of nitrogens with one attached hydrogen (secondary N) is 1. The van der Waals surface area contributed by atoms with Crippen molar-refractivity contribution in [1.82, 2.24) is 5.32 Å². The minimum absolute atomic E-state index is 0.0754. The second-order valence-electron chi connectivity index (χ2n) is 12.1. The normalized spacial score (nSPS) is 14.8. The van der Waals surface area contributed by atoms with Crippen LogP contribution in [0.4, 0.5) is 0 Å². The van der Waals surface area contributed by atoms with Crippen LogP contribution in [0.25, 0.3) is 0 Å². The largest absolute Gasteiger partial charge is 0.472 e. The Kier molecular flexibility index (Phi) is 31.2. The zero-order valence-electron chi connectivity index (χ0n) is 28.4. The third kappa shape index (κ3) is 29.7. The number of nitrogens with two attached hydrogens (primary N) is 1. The lowest BCUT2D eigenvalue weighted by atomic mass is 10.0. The second kappa shape index (κ2) is 31.9. The summed E-state index contributed by atoms with van der Waals surface area (Å²) >= 11 is 0. The summed E-state index contributed by atoms with van der Waals surface area (Å²) in [5, 5.41) is 13.5. The van der Waals surface area contributed by atoms with Gasteiger partial charge in [-0.2, -0.15) is 0 Å². The molecule has 3 atom stereocenters. The van der Waals surface area contributed by atoms with Gasteiger partial charge in [0.25, 0.3) is 0 Å². The average Bonchev–Trinajstić information content (AvgIpc) is 3.01. The molecule has 260 valence electrons. The fraction of sp³-hybridized carbons (Fsp3) is 0.857. The van der Waals surface area contributed by atoms with Gasteiger partial charge in [0, 0.05) is 13.0 Å². The van der Waals surface area contributed by atoms with E-state index in [9.17, 15) is 19.4 Å². The van der Waals surface area contributed by atoms with E-state index in [-0.39, 0.29) is 25.7 Å². The van der Waals surface area contributed by atoms with Crippen LogP contribution in [0.2, 0.25) is 0 Å². The average molecular weight is 645 g/mol. The Balaban J connectivity index is 4.41. The predicted octanol–water partition coefficient (Wildman–Crippen LogP) is 9.05. The molecule has 0 aromatic heterocycles. The van der Waals surface area contributed by atoms with Gasteiger partial charge in [-0.15, -0.1) is 0 Å². The standard InChI is InChI=1S/C35H69N2O6P/c1-3-5-7-9-11-13-15-16-17-19-20-22-24-26-28-34(38)33(32-43-44(40,41)42-31-30-36)37-35(39)29-27-25-23-21-18-14-12-10-8-6-4-2/h19-20,26,28,33-34,38H,3-18,21-25,27,29-32,36H2,1-2H3,(H,37,39)(H,40,41)/b20-19+,28-26+. The van der Waals surface area contributed by atoms with Gasteiger partial charge in [-0.05, 0) is 32.1 Å². The Morgan fingerprint density at radius 1 is 0.727 bits per heavy atom. The molecule has 5 N–H and O–H groups in total. The molecule has 3 unspecified atom stereocenters. The second-order valence-corrected chi connectivity index (χ2v) is 13.5. The first-order valence-corrected chi connectivity index (χ1v) is 19.5. The number of aliphatic hydroxyl groups is 1. The highest BCUT2D eigenvalue weighted by molar-refractivity contribution is 7.47. The molecule has 0 heterocycles. The molecule has 8 nitrogen and oxygen atoms in total. The number of hydrogen-bond donors (Lipinski definition) is 4. The first kappa shape index (κ1) is 43.0. The fourth-order valence-corrected chi connectivity index (χ4v) is 5.79. The monoisotopic (exact) mass is 644 g/mol. The van der Waals surface area contributed by atoms with Crippen molar-refractivity contribution in [3.8, 4) is 0 Å². The number of rotatable bonds is 33. The maximum atomic E-state index is 12.6. The minimum Gasteiger partial charge on any atom is -0.387 e. The van der Waals surface area contributed by atoms with Crippen molar-refractivity contribution >= 4 is 13.7 Å². The first-order valence-electron chi connectivity index (χ1n) is 18.0. The molecule has 0 radical (unpaired) electrons. The van der Waals surface area contributed by atoms with E-state index in [0.29, 0.717) is 6.42 Å². The molecule has 0 saturated carbocycles. The van der Waals surface area contributed by atoms with E-state index in [2.05, 4.69) is 31.3 Å². The van der Waals surface area contributed by atoms with E-state index >= 15 is 0 Å². The van der Waals surface area contributed by atoms with E-state index in [1.807, 2.05) is 6.08 Å². The topological polar surface area (TPSA) is 131 Å². The molecule has 0 aliphatic heterocycles. The van der Waals surface area contributed by atoms with Gasteiger partial charge >= 0.3 is 7.82 Å². The molecule has 0 aromatic rings. The molecule has 44 heavy (non-hydrogen) atoms. The Labute approximate surface area is 270 Å². The third-order valence-corrected chi connectivity index (χ3v) is 8.76. The van der Waals surface area contributed by atoms with E-state index in [4.69, 9.17) is 14.8 Å². The van der Waals surface area contributed by atoms with E-state index in [1.165, 1.54) is 103 Å². The summed E-state index contributed by atoms with van der Waals surface area (Å²) in [4.78, 5) is 22.5. The van der Waals surface area contributed by atoms with Gasteiger partial charge in [-0.25, -0.2) is 4.57 Å². The van der Waals surface area contributed by atoms with Crippen LogP contribution in [-0.2, 0) is 18.4 Å². The van der Waals surface area contributed by atoms with Gasteiger partial charge in [-0.3, -0.25) is 13.8 Å². The number of unbranched alkanes of at least 4 members (excludes halogenated alkanes) is 19. The van der Waals surface area contributed by atoms with Crippen LogP contribution in [0, 0.1) is 0 Å². The SMILES string of the molecule is CCCCCCCCCC/C=C/CC/C=C/C(O)C(COP(=O)(O)OCCN)NC(=O)CCCCCCCCCCCCC. The van der Waals surface area contributed by atoms with Gasteiger partial charge in [0.05, 0.1) is 25.4 Å². The molecule has 9 heteroatoms. The maximum Gasteiger partial charge on any atom is 0.472 e. The minimum atomic E-state index is -4.33. The summed E-state index contributed by atoms with van der Waals surface area (Å²) < 4.78 is 22.0. The van der Waals surface area contributed by atoms with Crippen LogP contribution in [0.5, 0.6) is 0 Å². The van der Waals surface area contributed by atoms with Crippen molar-refractivity contribution in [2.45, 2.75) is 174 Å². The Morgan fingerprint density at radius 3 is 1.75 bits per heavy atom. The summed E-state index contributed by atoms with van der Waals surface area (Å²) in [5.74, 6) is -0.207. The van der Waals surface area contributed by atoms with E-state index in [1.54, 1.807) is 6.08 Å². The zero-order chi connectivity index (χ0) is 32.6. The summed E-state index contributed by atoms with van der Waals surface area (Å²) in [6.07, 6.45) is 33.6. The number of carbonyl (C=O) groups excluding carboxylic acids is 1. The molecule has 0 saturated heterocycles. The van der Waals surface area contributed by atoms with Crippen LogP contribution < -0.4 is 11.1 Å². The van der Waals surface area contributed by atoms with Crippen molar-refractivity contribution in [1.29, 1.82) is 0 Å². The fourth-order valence-electron chi connectivity index (χ4n) is 5.03. The number of hydrogen-bond acceptors (Lipinski definition) is 6. The molecule has 0 fully saturated rings. The lowest BCUT2D eigenvalue weighted by Gasteiger charge is -2.23. The molecule has 0 aliphatic carbocycles. The van der Waals surface area contributed by atoms with Gasteiger partial charge in [0.2, 0.25) is 5.91 Å². The molecule has 0 bridgehead atoms. The van der Waals surface area contributed by atoms with Crippen molar-refractivity contribution in [2.24, 2.45) is 5.73 Å². The van der Waals surface area contributed by atoms with Gasteiger partial charge in [-0.1, -0.05) is 147 Å². The van der Waals surface area contributed by atoms with E-state index in [0.717, 1.165) is 38.5 Å². The van der Waals surface area contributed by atoms with Crippen molar-refractivity contribution < 1.29 is 28.4 Å². The number of allylic oxidation sites excluding steroid dienone is 3. The van der Waals surface area contributed by atoms with Crippen molar-refractivity contribution in [3.05, 3.63) is 24.3 Å². The molecule has 0 spiro atoms. The quantitative estimate of drug-likeness (QED) is 0.0318. The highest BCUT2D eigenvalue weighted by atomic mass is 31.2. The summed E-state index contributed by atoms with van der Waals surface area (Å²) in [6.45, 7) is 4.08. The molecular weight excluding hydrogens is 575 g/mol. The predicted molar refractivity (Wildman–Crippen MR) is 185 cm³/mol. The first-order chi connectivity index (χ1) is 21.4. The van der Waals surface area contributed by atoms with Crippen LogP contribution in [0.15, 0.2) is 24.3 Å². The summed E-state index contributed by atoms with van der Waals surface area (Å²) in [7, 11) is -4.33. The van der Waals surface area contributed by atoms with Crippen molar-refractivity contribution in [3.63, 3.8) is 0 Å². The Hall–Kier alpha value is -1.02.